The minimum Gasteiger partial charge on any atom is -0.493 e. The minimum absolute atomic E-state index is 0.0235. The summed E-state index contributed by atoms with van der Waals surface area (Å²) >= 11 is 4.67. The predicted octanol–water partition coefficient (Wildman–Crippen LogP) is 4.91. The van der Waals surface area contributed by atoms with Crippen LogP contribution in [0, 0.1) is 10.1 Å². The Hall–Kier alpha value is -3.24. The molecule has 0 spiro atoms. The third-order valence-corrected chi connectivity index (χ3v) is 5.75. The zero-order valence-electron chi connectivity index (χ0n) is 15.8. The van der Waals surface area contributed by atoms with E-state index in [0.717, 1.165) is 4.70 Å². The number of methoxy groups -OCH3 is 1. The van der Waals surface area contributed by atoms with E-state index in [0.29, 0.717) is 38.4 Å². The highest BCUT2D eigenvalue weighted by Gasteiger charge is 2.13. The van der Waals surface area contributed by atoms with Crippen molar-refractivity contribution in [3.8, 4) is 11.5 Å². The molecule has 0 aliphatic rings. The highest BCUT2D eigenvalue weighted by atomic mass is 79.9. The van der Waals surface area contributed by atoms with Gasteiger partial charge in [-0.25, -0.2) is 5.43 Å². The summed E-state index contributed by atoms with van der Waals surface area (Å²) in [5.74, 6) is 0.646. The second kappa shape index (κ2) is 9.51. The fourth-order valence-electron chi connectivity index (χ4n) is 2.54. The standard InChI is InChI=1S/C20H16BrN3O5S/c1-3-6-29-17-10-15(21)13(8-16(17)28-2)11-22-23-20(25)19-9-12-7-14(24(26)27)4-5-18(12)30-19/h3-5,7-11H,1,6H2,2H3,(H,23,25)/b22-11-. The maximum Gasteiger partial charge on any atom is 0.281 e. The molecule has 0 aliphatic carbocycles. The van der Waals surface area contributed by atoms with Gasteiger partial charge in [0.2, 0.25) is 0 Å². The number of hydrogen-bond donors (Lipinski definition) is 1. The van der Waals surface area contributed by atoms with Gasteiger partial charge in [-0.2, -0.15) is 5.10 Å². The lowest BCUT2D eigenvalue weighted by molar-refractivity contribution is -0.384. The fraction of sp³-hybridized carbons (Fsp3) is 0.100. The molecule has 154 valence electrons. The number of thiophene rings is 1. The summed E-state index contributed by atoms with van der Waals surface area (Å²) < 4.78 is 12.3. The SMILES string of the molecule is C=CCOc1cc(Br)c(/C=N\NC(=O)c2cc3cc([N+](=O)[O-])ccc3s2)cc1OC. The van der Waals surface area contributed by atoms with Crippen molar-refractivity contribution in [2.75, 3.05) is 13.7 Å². The molecule has 3 aromatic rings. The van der Waals surface area contributed by atoms with Crippen LogP contribution in [0.15, 0.2) is 58.6 Å². The molecule has 10 heteroatoms. The first-order valence-corrected chi connectivity index (χ1v) is 10.2. The van der Waals surface area contributed by atoms with Gasteiger partial charge in [-0.15, -0.1) is 11.3 Å². The second-order valence-corrected chi connectivity index (χ2v) is 7.85. The van der Waals surface area contributed by atoms with Crippen LogP contribution < -0.4 is 14.9 Å². The Kier molecular flexibility index (Phi) is 6.80. The van der Waals surface area contributed by atoms with Gasteiger partial charge >= 0.3 is 0 Å². The first-order valence-electron chi connectivity index (χ1n) is 8.55. The van der Waals surface area contributed by atoms with Gasteiger partial charge in [0.25, 0.3) is 11.6 Å². The Morgan fingerprint density at radius 2 is 2.13 bits per heavy atom. The number of nitro benzene ring substituents is 1. The van der Waals surface area contributed by atoms with Crippen molar-refractivity contribution in [1.29, 1.82) is 0 Å². The maximum absolute atomic E-state index is 12.4. The molecule has 0 unspecified atom stereocenters. The van der Waals surface area contributed by atoms with Crippen LogP contribution in [-0.2, 0) is 0 Å². The van der Waals surface area contributed by atoms with Crippen LogP contribution >= 0.6 is 27.3 Å². The monoisotopic (exact) mass is 489 g/mol. The molecule has 1 N–H and O–H groups in total. The number of ether oxygens (including phenoxy) is 2. The molecule has 0 saturated heterocycles. The van der Waals surface area contributed by atoms with Crippen LogP contribution in [0.4, 0.5) is 5.69 Å². The largest absolute Gasteiger partial charge is 0.493 e. The molecule has 0 radical (unpaired) electrons. The first kappa shape index (κ1) is 21.5. The van der Waals surface area contributed by atoms with Gasteiger partial charge < -0.3 is 9.47 Å². The summed E-state index contributed by atoms with van der Waals surface area (Å²) in [6.45, 7) is 3.95. The van der Waals surface area contributed by atoms with E-state index in [1.54, 1.807) is 30.3 Å². The highest BCUT2D eigenvalue weighted by molar-refractivity contribution is 9.10. The predicted molar refractivity (Wildman–Crippen MR) is 120 cm³/mol. The number of hydrogen-bond acceptors (Lipinski definition) is 7. The van der Waals surface area contributed by atoms with Crippen molar-refractivity contribution in [2.24, 2.45) is 5.10 Å². The van der Waals surface area contributed by atoms with Gasteiger partial charge in [-0.1, -0.05) is 12.7 Å². The van der Waals surface area contributed by atoms with Crippen LogP contribution in [0.5, 0.6) is 11.5 Å². The van der Waals surface area contributed by atoms with Crippen LogP contribution in [0.2, 0.25) is 0 Å². The Bertz CT molecular complexity index is 1160. The Morgan fingerprint density at radius 3 is 2.83 bits per heavy atom. The molecule has 1 amide bonds. The van der Waals surface area contributed by atoms with Crippen molar-refractivity contribution in [1.82, 2.24) is 5.43 Å². The lowest BCUT2D eigenvalue weighted by Gasteiger charge is -2.11. The van der Waals surface area contributed by atoms with Gasteiger partial charge in [-0.3, -0.25) is 14.9 Å². The van der Waals surface area contributed by atoms with E-state index in [4.69, 9.17) is 9.47 Å². The number of benzene rings is 2. The van der Waals surface area contributed by atoms with Crippen molar-refractivity contribution in [3.63, 3.8) is 0 Å². The molecule has 0 bridgehead atoms. The number of amides is 1. The van der Waals surface area contributed by atoms with Gasteiger partial charge in [0.1, 0.15) is 6.61 Å². The molecule has 8 nitrogen and oxygen atoms in total. The smallest absolute Gasteiger partial charge is 0.281 e. The Balaban J connectivity index is 1.74. The maximum atomic E-state index is 12.4. The number of halogens is 1. The minimum atomic E-state index is -0.471. The molecular formula is C20H16BrN3O5S. The normalized spacial score (nSPS) is 10.9. The van der Waals surface area contributed by atoms with E-state index in [9.17, 15) is 14.9 Å². The number of carbonyl (C=O) groups is 1. The van der Waals surface area contributed by atoms with Crippen LogP contribution in [-0.4, -0.2) is 30.8 Å². The molecule has 2 aromatic carbocycles. The number of carbonyl (C=O) groups excluding carboxylic acids is 1. The molecule has 0 aliphatic heterocycles. The van der Waals surface area contributed by atoms with Crippen LogP contribution in [0.25, 0.3) is 10.1 Å². The zero-order chi connectivity index (χ0) is 21.7. The number of rotatable bonds is 8. The van der Waals surface area contributed by atoms with Gasteiger partial charge in [0.15, 0.2) is 11.5 Å². The Labute approximate surface area is 184 Å². The highest BCUT2D eigenvalue weighted by Crippen LogP contribution is 2.33. The van der Waals surface area contributed by atoms with Crippen LogP contribution in [0.1, 0.15) is 15.2 Å². The number of hydrazone groups is 1. The lowest BCUT2D eigenvalue weighted by atomic mass is 10.2. The second-order valence-electron chi connectivity index (χ2n) is 5.91. The number of fused-ring (bicyclic) bond motifs is 1. The average Bonchev–Trinajstić information content (AvgIpc) is 3.16. The molecule has 1 heterocycles. The summed E-state index contributed by atoms with van der Waals surface area (Å²) in [5, 5.41) is 15.5. The van der Waals surface area contributed by atoms with Gasteiger partial charge in [0, 0.05) is 32.3 Å². The van der Waals surface area contributed by atoms with E-state index in [1.165, 1.54) is 36.8 Å². The fourth-order valence-corrected chi connectivity index (χ4v) is 3.90. The number of nitro groups is 1. The lowest BCUT2D eigenvalue weighted by Crippen LogP contribution is -2.16. The summed E-state index contributed by atoms with van der Waals surface area (Å²) in [5.41, 5.74) is 3.11. The third kappa shape index (κ3) is 4.84. The summed E-state index contributed by atoms with van der Waals surface area (Å²) in [7, 11) is 1.53. The molecule has 3 rings (SSSR count). The molecular weight excluding hydrogens is 474 g/mol. The van der Waals surface area contributed by atoms with E-state index in [2.05, 4.69) is 33.0 Å². The number of nitrogens with one attached hydrogen (secondary N) is 1. The topological polar surface area (TPSA) is 103 Å². The first-order chi connectivity index (χ1) is 14.4. The molecule has 0 saturated carbocycles. The van der Waals surface area contributed by atoms with Crippen molar-refractivity contribution in [2.45, 2.75) is 0 Å². The zero-order valence-corrected chi connectivity index (χ0v) is 18.2. The molecule has 30 heavy (non-hydrogen) atoms. The quantitative estimate of drug-likeness (QED) is 0.209. The molecule has 0 atom stereocenters. The molecule has 1 aromatic heterocycles. The molecule has 0 fully saturated rings. The third-order valence-electron chi connectivity index (χ3n) is 3.94. The summed E-state index contributed by atoms with van der Waals surface area (Å²) in [4.78, 5) is 23.2. The Morgan fingerprint density at radius 1 is 1.33 bits per heavy atom. The van der Waals surface area contributed by atoms with E-state index in [-0.39, 0.29) is 5.69 Å². The summed E-state index contributed by atoms with van der Waals surface area (Å²) in [6.07, 6.45) is 3.10. The van der Waals surface area contributed by atoms with Crippen molar-refractivity contribution >= 4 is 55.2 Å². The van der Waals surface area contributed by atoms with Gasteiger partial charge in [0.05, 0.1) is 23.1 Å². The van der Waals surface area contributed by atoms with Gasteiger partial charge in [-0.05, 0) is 40.2 Å². The average molecular weight is 490 g/mol. The van der Waals surface area contributed by atoms with E-state index >= 15 is 0 Å². The summed E-state index contributed by atoms with van der Waals surface area (Å²) in [6, 6.07) is 9.53. The van der Waals surface area contributed by atoms with Crippen molar-refractivity contribution in [3.05, 3.63) is 74.1 Å². The number of nitrogens with zero attached hydrogens (tertiary/aromatic N) is 2. The van der Waals surface area contributed by atoms with E-state index < -0.39 is 10.8 Å². The van der Waals surface area contributed by atoms with Crippen molar-refractivity contribution < 1.29 is 19.2 Å². The van der Waals surface area contributed by atoms with Crippen LogP contribution in [0.3, 0.4) is 0 Å². The van der Waals surface area contributed by atoms with E-state index in [1.807, 2.05) is 0 Å². The number of non-ortho nitro benzene ring substituents is 1.